The van der Waals surface area contributed by atoms with Gasteiger partial charge < -0.3 is 10.4 Å². The van der Waals surface area contributed by atoms with E-state index in [1.54, 1.807) is 10.9 Å². The first-order valence-corrected chi connectivity index (χ1v) is 6.33. The van der Waals surface area contributed by atoms with E-state index >= 15 is 0 Å². The van der Waals surface area contributed by atoms with E-state index in [4.69, 9.17) is 5.11 Å². The summed E-state index contributed by atoms with van der Waals surface area (Å²) in [5.41, 5.74) is 1.19. The summed E-state index contributed by atoms with van der Waals surface area (Å²) in [5, 5.41) is 16.2. The molecular weight excluding hydrogens is 261 g/mol. The molecule has 2 aromatic rings. The summed E-state index contributed by atoms with van der Waals surface area (Å²) in [5.74, 6) is -2.02. The lowest BCUT2D eigenvalue weighted by Crippen LogP contribution is -2.08. The number of nitrogens with one attached hydrogen (secondary N) is 1. The first-order chi connectivity index (χ1) is 9.51. The van der Waals surface area contributed by atoms with Crippen molar-refractivity contribution in [2.45, 2.75) is 26.4 Å². The number of hydrogen-bond donors (Lipinski definition) is 2. The summed E-state index contributed by atoms with van der Waals surface area (Å²) >= 11 is 0. The van der Waals surface area contributed by atoms with E-state index in [0.717, 1.165) is 18.2 Å². The molecule has 0 bridgehead atoms. The topological polar surface area (TPSA) is 67.2 Å². The van der Waals surface area contributed by atoms with Gasteiger partial charge in [0.25, 0.3) is 0 Å². The maximum absolute atomic E-state index is 13.3. The van der Waals surface area contributed by atoms with E-state index in [0.29, 0.717) is 5.69 Å². The Bertz CT molecular complexity index is 625. The molecule has 2 N–H and O–H groups in total. The van der Waals surface area contributed by atoms with Crippen molar-refractivity contribution in [1.82, 2.24) is 9.78 Å². The molecule has 5 nitrogen and oxygen atoms in total. The van der Waals surface area contributed by atoms with Crippen LogP contribution in [0.1, 0.15) is 35.8 Å². The summed E-state index contributed by atoms with van der Waals surface area (Å²) in [6.45, 7) is 4.71. The Morgan fingerprint density at radius 1 is 1.55 bits per heavy atom. The molecule has 1 aromatic carbocycles. The second kappa shape index (κ2) is 5.73. The Labute approximate surface area is 116 Å². The first-order valence-electron chi connectivity index (χ1n) is 6.33. The van der Waals surface area contributed by atoms with E-state index in [1.807, 2.05) is 20.0 Å². The molecule has 1 heterocycles. The van der Waals surface area contributed by atoms with Gasteiger partial charge in [0.1, 0.15) is 5.82 Å². The third kappa shape index (κ3) is 2.96. The summed E-state index contributed by atoms with van der Waals surface area (Å²) in [7, 11) is 0. The van der Waals surface area contributed by atoms with Crippen molar-refractivity contribution >= 4 is 11.7 Å². The monoisotopic (exact) mass is 277 g/mol. The molecule has 2 rings (SSSR count). The first kappa shape index (κ1) is 14.0. The van der Waals surface area contributed by atoms with E-state index in [9.17, 15) is 9.18 Å². The zero-order chi connectivity index (χ0) is 14.7. The van der Waals surface area contributed by atoms with Crippen LogP contribution < -0.4 is 5.32 Å². The van der Waals surface area contributed by atoms with Gasteiger partial charge in [-0.15, -0.1) is 0 Å². The number of hydrogen-bond acceptors (Lipinski definition) is 3. The van der Waals surface area contributed by atoms with Gasteiger partial charge in [-0.3, -0.25) is 4.68 Å². The predicted octanol–water partition coefficient (Wildman–Crippen LogP) is 2.91. The molecule has 6 heteroatoms. The highest BCUT2D eigenvalue weighted by Gasteiger charge is 2.13. The molecular formula is C14H16FN3O2. The van der Waals surface area contributed by atoms with Crippen molar-refractivity contribution in [3.8, 4) is 0 Å². The predicted molar refractivity (Wildman–Crippen MR) is 73.3 cm³/mol. The number of aromatic carboxylic acids is 1. The number of carboxylic acid groups (broad SMARTS) is 1. The van der Waals surface area contributed by atoms with Crippen molar-refractivity contribution in [1.29, 1.82) is 0 Å². The van der Waals surface area contributed by atoms with E-state index in [2.05, 4.69) is 10.4 Å². The molecule has 0 radical (unpaired) electrons. The number of carboxylic acids is 1. The van der Waals surface area contributed by atoms with Crippen LogP contribution in [-0.4, -0.2) is 20.9 Å². The highest BCUT2D eigenvalue weighted by atomic mass is 19.1. The molecule has 0 aliphatic rings. The van der Waals surface area contributed by atoms with Gasteiger partial charge in [-0.2, -0.15) is 5.10 Å². The van der Waals surface area contributed by atoms with Gasteiger partial charge >= 0.3 is 5.97 Å². The molecule has 0 fully saturated rings. The molecule has 1 aromatic heterocycles. The summed E-state index contributed by atoms with van der Waals surface area (Å²) in [4.78, 5) is 10.9. The molecule has 0 amide bonds. The van der Waals surface area contributed by atoms with Gasteiger partial charge in [-0.25, -0.2) is 9.18 Å². The van der Waals surface area contributed by atoms with Crippen LogP contribution in [0, 0.1) is 5.82 Å². The standard InChI is InChI=1S/C14H16FN3O2/c1-3-18-8-10(7-16-18)9(2)17-11-4-5-13(15)12(6-11)14(19)20/h4-9,17H,3H2,1-2H3,(H,19,20). The fourth-order valence-corrected chi connectivity index (χ4v) is 1.89. The van der Waals surface area contributed by atoms with Crippen molar-refractivity contribution in [3.05, 3.63) is 47.5 Å². The number of anilines is 1. The van der Waals surface area contributed by atoms with Crippen molar-refractivity contribution in [2.24, 2.45) is 0 Å². The van der Waals surface area contributed by atoms with Crippen molar-refractivity contribution in [2.75, 3.05) is 5.32 Å². The average molecular weight is 277 g/mol. The fourth-order valence-electron chi connectivity index (χ4n) is 1.89. The largest absolute Gasteiger partial charge is 0.478 e. The molecule has 0 spiro atoms. The minimum atomic E-state index is -1.28. The Kier molecular flexibility index (Phi) is 4.02. The zero-order valence-electron chi connectivity index (χ0n) is 11.3. The zero-order valence-corrected chi connectivity index (χ0v) is 11.3. The number of carbonyl (C=O) groups is 1. The van der Waals surface area contributed by atoms with Gasteiger partial charge in [0, 0.05) is 24.0 Å². The van der Waals surface area contributed by atoms with Crippen LogP contribution in [0.5, 0.6) is 0 Å². The van der Waals surface area contributed by atoms with Crippen LogP contribution in [0.2, 0.25) is 0 Å². The van der Waals surface area contributed by atoms with Crippen molar-refractivity contribution in [3.63, 3.8) is 0 Å². The minimum absolute atomic E-state index is 0.0533. The number of nitrogens with zero attached hydrogens (tertiary/aromatic N) is 2. The molecule has 106 valence electrons. The van der Waals surface area contributed by atoms with E-state index < -0.39 is 11.8 Å². The van der Waals surface area contributed by atoms with Crippen LogP contribution in [0.15, 0.2) is 30.6 Å². The Balaban J connectivity index is 2.17. The van der Waals surface area contributed by atoms with Gasteiger partial charge in [-0.05, 0) is 32.0 Å². The third-order valence-corrected chi connectivity index (χ3v) is 3.06. The molecule has 0 saturated heterocycles. The van der Waals surface area contributed by atoms with Crippen molar-refractivity contribution < 1.29 is 14.3 Å². The Morgan fingerprint density at radius 2 is 2.30 bits per heavy atom. The maximum Gasteiger partial charge on any atom is 0.338 e. The minimum Gasteiger partial charge on any atom is -0.478 e. The highest BCUT2D eigenvalue weighted by molar-refractivity contribution is 5.89. The SMILES string of the molecule is CCn1cc(C(C)Nc2ccc(F)c(C(=O)O)c2)cn1. The molecule has 0 aliphatic heterocycles. The van der Waals surface area contributed by atoms with Crippen LogP contribution in [0.3, 0.4) is 0 Å². The third-order valence-electron chi connectivity index (χ3n) is 3.06. The van der Waals surface area contributed by atoms with Crippen LogP contribution in [0.4, 0.5) is 10.1 Å². The smallest absolute Gasteiger partial charge is 0.338 e. The maximum atomic E-state index is 13.3. The van der Waals surface area contributed by atoms with Gasteiger partial charge in [0.15, 0.2) is 0 Å². The van der Waals surface area contributed by atoms with Gasteiger partial charge in [0.05, 0.1) is 17.8 Å². The molecule has 1 atom stereocenters. The number of rotatable bonds is 5. The Morgan fingerprint density at radius 3 is 2.90 bits per heavy atom. The number of aryl methyl sites for hydroxylation is 1. The summed E-state index contributed by atoms with van der Waals surface area (Å²) in [6.07, 6.45) is 3.67. The quantitative estimate of drug-likeness (QED) is 0.881. The lowest BCUT2D eigenvalue weighted by Gasteiger charge is -2.14. The van der Waals surface area contributed by atoms with E-state index in [1.165, 1.54) is 12.1 Å². The molecule has 0 saturated carbocycles. The van der Waals surface area contributed by atoms with Crippen LogP contribution in [0.25, 0.3) is 0 Å². The van der Waals surface area contributed by atoms with Gasteiger partial charge in [-0.1, -0.05) is 0 Å². The lowest BCUT2D eigenvalue weighted by molar-refractivity contribution is 0.0692. The second-order valence-corrected chi connectivity index (χ2v) is 4.50. The number of benzene rings is 1. The van der Waals surface area contributed by atoms with Crippen LogP contribution >= 0.6 is 0 Å². The van der Waals surface area contributed by atoms with Gasteiger partial charge in [0.2, 0.25) is 0 Å². The van der Waals surface area contributed by atoms with E-state index in [-0.39, 0.29) is 11.6 Å². The fraction of sp³-hybridized carbons (Fsp3) is 0.286. The number of aromatic nitrogens is 2. The molecule has 1 unspecified atom stereocenters. The van der Waals surface area contributed by atoms with Crippen LogP contribution in [-0.2, 0) is 6.54 Å². The second-order valence-electron chi connectivity index (χ2n) is 4.50. The highest BCUT2D eigenvalue weighted by Crippen LogP contribution is 2.21. The molecule has 20 heavy (non-hydrogen) atoms. The molecule has 0 aliphatic carbocycles. The average Bonchev–Trinajstić information content (AvgIpc) is 2.89. The summed E-state index contributed by atoms with van der Waals surface area (Å²) in [6, 6.07) is 3.90. The summed E-state index contributed by atoms with van der Waals surface area (Å²) < 4.78 is 15.1. The lowest BCUT2D eigenvalue weighted by atomic mass is 10.1. The Hall–Kier alpha value is -2.37. The number of halogens is 1. The normalized spacial score (nSPS) is 12.2.